The lowest BCUT2D eigenvalue weighted by Gasteiger charge is -2.33. The van der Waals surface area contributed by atoms with E-state index in [0.717, 1.165) is 4.88 Å². The van der Waals surface area contributed by atoms with Crippen LogP contribution in [0.1, 0.15) is 23.6 Å². The summed E-state index contributed by atoms with van der Waals surface area (Å²) in [4.78, 5) is 26.2. The van der Waals surface area contributed by atoms with Crippen molar-refractivity contribution in [3.05, 3.63) is 22.4 Å². The first-order valence-corrected chi connectivity index (χ1v) is 11.2. The summed E-state index contributed by atoms with van der Waals surface area (Å²) in [7, 11) is -3.14. The number of rotatable bonds is 9. The van der Waals surface area contributed by atoms with Crippen LogP contribution in [0.5, 0.6) is 0 Å². The second-order valence-corrected chi connectivity index (χ2v) is 9.33. The smallest absolute Gasteiger partial charge is 0.304 e. The van der Waals surface area contributed by atoms with Gasteiger partial charge in [0.25, 0.3) is 0 Å². The van der Waals surface area contributed by atoms with Crippen molar-refractivity contribution in [2.24, 2.45) is 0 Å². The van der Waals surface area contributed by atoms with E-state index >= 15 is 0 Å². The van der Waals surface area contributed by atoms with Crippen LogP contribution in [0.3, 0.4) is 0 Å². The summed E-state index contributed by atoms with van der Waals surface area (Å²) >= 11 is 1.46. The Kier molecular flexibility index (Phi) is 7.56. The van der Waals surface area contributed by atoms with Gasteiger partial charge in [-0.2, -0.15) is 4.31 Å². The van der Waals surface area contributed by atoms with E-state index in [1.165, 1.54) is 21.9 Å². The molecule has 0 aliphatic carbocycles. The number of carboxylic acids is 1. The van der Waals surface area contributed by atoms with Crippen LogP contribution in [0.15, 0.2) is 17.5 Å². The molecule has 146 valence electrons. The van der Waals surface area contributed by atoms with Crippen LogP contribution in [-0.2, 0) is 19.6 Å². The largest absolute Gasteiger partial charge is 0.481 e. The molecule has 1 aromatic rings. The van der Waals surface area contributed by atoms with Crippen LogP contribution >= 0.6 is 11.3 Å². The van der Waals surface area contributed by atoms with Gasteiger partial charge in [0.1, 0.15) is 0 Å². The van der Waals surface area contributed by atoms with Crippen molar-refractivity contribution in [2.75, 3.05) is 45.5 Å². The molecule has 1 aliphatic rings. The Morgan fingerprint density at radius 2 is 1.96 bits per heavy atom. The van der Waals surface area contributed by atoms with Crippen molar-refractivity contribution >= 4 is 33.2 Å². The average Bonchev–Trinajstić information content (AvgIpc) is 3.08. The highest BCUT2D eigenvalue weighted by Gasteiger charge is 2.23. The van der Waals surface area contributed by atoms with Crippen LogP contribution in [-0.4, -0.2) is 80.1 Å². The highest BCUT2D eigenvalue weighted by molar-refractivity contribution is 7.88. The van der Waals surface area contributed by atoms with Gasteiger partial charge in [0.05, 0.1) is 12.7 Å². The van der Waals surface area contributed by atoms with E-state index in [-0.39, 0.29) is 24.7 Å². The molecule has 1 aromatic heterocycles. The zero-order valence-corrected chi connectivity index (χ0v) is 16.4. The molecule has 2 heterocycles. The second-order valence-electron chi connectivity index (χ2n) is 6.37. The topological polar surface area (TPSA) is 107 Å². The third-order valence-electron chi connectivity index (χ3n) is 4.35. The van der Waals surface area contributed by atoms with E-state index in [9.17, 15) is 18.0 Å². The maximum absolute atomic E-state index is 12.1. The first kappa shape index (κ1) is 20.8. The predicted molar refractivity (Wildman–Crippen MR) is 99.8 cm³/mol. The predicted octanol–water partition coefficient (Wildman–Crippen LogP) is 0.390. The number of sulfonamides is 1. The SMILES string of the molecule is CS(=O)(=O)N1CCN(CCNC(=O)CC(CC(=O)O)c2cccs2)CC1. The van der Waals surface area contributed by atoms with Crippen LogP contribution in [0, 0.1) is 0 Å². The normalized spacial score (nSPS) is 17.7. The molecule has 0 spiro atoms. The van der Waals surface area contributed by atoms with E-state index < -0.39 is 16.0 Å². The Balaban J connectivity index is 1.72. The van der Waals surface area contributed by atoms with Gasteiger partial charge in [0.2, 0.25) is 15.9 Å². The molecule has 0 bridgehead atoms. The molecule has 2 N–H and O–H groups in total. The van der Waals surface area contributed by atoms with Crippen molar-refractivity contribution in [3.8, 4) is 0 Å². The highest BCUT2D eigenvalue weighted by atomic mass is 32.2. The maximum atomic E-state index is 12.1. The molecule has 1 aliphatic heterocycles. The molecule has 1 unspecified atom stereocenters. The quantitative estimate of drug-likeness (QED) is 0.618. The van der Waals surface area contributed by atoms with Gasteiger partial charge < -0.3 is 10.4 Å². The Bertz CT molecular complexity index is 697. The number of amides is 1. The lowest BCUT2D eigenvalue weighted by atomic mass is 9.99. The fourth-order valence-electron chi connectivity index (χ4n) is 2.94. The number of carbonyl (C=O) groups excluding carboxylic acids is 1. The lowest BCUT2D eigenvalue weighted by Crippen LogP contribution is -2.49. The number of hydrogen-bond acceptors (Lipinski definition) is 6. The second kappa shape index (κ2) is 9.45. The first-order valence-electron chi connectivity index (χ1n) is 8.45. The van der Waals surface area contributed by atoms with E-state index in [1.54, 1.807) is 0 Å². The molecule has 10 heteroatoms. The van der Waals surface area contributed by atoms with Gasteiger partial charge in [-0.15, -0.1) is 11.3 Å². The molecule has 1 amide bonds. The third-order valence-corrected chi connectivity index (χ3v) is 6.69. The molecular formula is C16H25N3O5S2. The zero-order valence-electron chi connectivity index (χ0n) is 14.8. The van der Waals surface area contributed by atoms with Gasteiger partial charge in [0.15, 0.2) is 0 Å². The fourth-order valence-corrected chi connectivity index (χ4v) is 4.60. The summed E-state index contributed by atoms with van der Waals surface area (Å²) in [5.41, 5.74) is 0. The Morgan fingerprint density at radius 1 is 1.27 bits per heavy atom. The molecule has 2 rings (SSSR count). The number of piperazine rings is 1. The lowest BCUT2D eigenvalue weighted by molar-refractivity contribution is -0.137. The van der Waals surface area contributed by atoms with E-state index in [1.807, 2.05) is 17.5 Å². The van der Waals surface area contributed by atoms with Gasteiger partial charge in [-0.25, -0.2) is 8.42 Å². The minimum absolute atomic E-state index is 0.0681. The van der Waals surface area contributed by atoms with E-state index in [0.29, 0.717) is 39.3 Å². The molecule has 1 saturated heterocycles. The molecule has 1 atom stereocenters. The summed E-state index contributed by atoms with van der Waals surface area (Å²) in [5.74, 6) is -1.40. The van der Waals surface area contributed by atoms with Gasteiger partial charge in [-0.3, -0.25) is 14.5 Å². The Labute approximate surface area is 157 Å². The first-order chi connectivity index (χ1) is 12.3. The van der Waals surface area contributed by atoms with Crippen molar-refractivity contribution < 1.29 is 23.1 Å². The van der Waals surface area contributed by atoms with Gasteiger partial charge in [-0.05, 0) is 11.4 Å². The number of hydrogen-bond donors (Lipinski definition) is 2. The van der Waals surface area contributed by atoms with E-state index in [4.69, 9.17) is 5.11 Å². The molecular weight excluding hydrogens is 378 g/mol. The molecule has 1 fully saturated rings. The van der Waals surface area contributed by atoms with Crippen molar-refractivity contribution in [2.45, 2.75) is 18.8 Å². The standard InChI is InChI=1S/C16H25N3O5S2/c1-26(23,24)19-8-6-18(7-9-19)5-4-17-15(20)11-13(12-16(21)22)14-3-2-10-25-14/h2-3,10,13H,4-9,11-12H2,1H3,(H,17,20)(H,21,22). The number of carboxylic acid groups (broad SMARTS) is 1. The number of nitrogens with one attached hydrogen (secondary N) is 1. The van der Waals surface area contributed by atoms with Gasteiger partial charge in [0, 0.05) is 56.5 Å². The van der Waals surface area contributed by atoms with Crippen LogP contribution in [0.25, 0.3) is 0 Å². The molecule has 26 heavy (non-hydrogen) atoms. The summed E-state index contributed by atoms with van der Waals surface area (Å²) in [5, 5.41) is 13.7. The number of thiophene rings is 1. The third kappa shape index (κ3) is 6.67. The van der Waals surface area contributed by atoms with Crippen LogP contribution < -0.4 is 5.32 Å². The minimum atomic E-state index is -3.14. The number of nitrogens with zero attached hydrogens (tertiary/aromatic N) is 2. The average molecular weight is 404 g/mol. The Morgan fingerprint density at radius 3 is 2.50 bits per heavy atom. The van der Waals surface area contributed by atoms with Crippen molar-refractivity contribution in [1.82, 2.24) is 14.5 Å². The van der Waals surface area contributed by atoms with Crippen LogP contribution in [0.2, 0.25) is 0 Å². The van der Waals surface area contributed by atoms with Crippen LogP contribution in [0.4, 0.5) is 0 Å². The fraction of sp³-hybridized carbons (Fsp3) is 0.625. The molecule has 0 aromatic carbocycles. The summed E-state index contributed by atoms with van der Waals surface area (Å²) < 4.78 is 24.4. The molecule has 0 radical (unpaired) electrons. The summed E-state index contributed by atoms with van der Waals surface area (Å²) in [6.45, 7) is 3.31. The summed E-state index contributed by atoms with van der Waals surface area (Å²) in [6, 6.07) is 3.70. The molecule has 0 saturated carbocycles. The molecule has 8 nitrogen and oxygen atoms in total. The van der Waals surface area contributed by atoms with E-state index in [2.05, 4.69) is 10.2 Å². The number of carbonyl (C=O) groups is 2. The summed E-state index contributed by atoms with van der Waals surface area (Å²) in [6.07, 6.45) is 1.29. The van der Waals surface area contributed by atoms with Gasteiger partial charge >= 0.3 is 5.97 Å². The Hall–Kier alpha value is -1.49. The number of aliphatic carboxylic acids is 1. The monoisotopic (exact) mass is 403 g/mol. The highest BCUT2D eigenvalue weighted by Crippen LogP contribution is 2.27. The maximum Gasteiger partial charge on any atom is 0.304 e. The zero-order chi connectivity index (χ0) is 19.2. The minimum Gasteiger partial charge on any atom is -0.481 e. The van der Waals surface area contributed by atoms with Gasteiger partial charge in [-0.1, -0.05) is 6.07 Å². The van der Waals surface area contributed by atoms with Crippen molar-refractivity contribution in [1.29, 1.82) is 0 Å². The van der Waals surface area contributed by atoms with Crippen molar-refractivity contribution in [3.63, 3.8) is 0 Å².